The predicted molar refractivity (Wildman–Crippen MR) is 92.7 cm³/mol. The number of hydrogen-bond acceptors (Lipinski definition) is 5. The highest BCUT2D eigenvalue weighted by Gasteiger charge is 2.04. The van der Waals surface area contributed by atoms with Gasteiger partial charge < -0.3 is 25.3 Å². The van der Waals surface area contributed by atoms with Crippen molar-refractivity contribution in [3.05, 3.63) is 48.5 Å². The molecule has 128 valence electrons. The summed E-state index contributed by atoms with van der Waals surface area (Å²) in [6, 6.07) is 14.2. The molecular formula is C18H22N2O4. The zero-order valence-corrected chi connectivity index (χ0v) is 13.7. The number of amides is 1. The molecule has 0 heterocycles. The first kappa shape index (κ1) is 17.6. The number of ether oxygens (including phenoxy) is 3. The lowest BCUT2D eigenvalue weighted by Crippen LogP contribution is -2.20. The number of nitrogens with two attached hydrogens (primary N) is 1. The highest BCUT2D eigenvalue weighted by Crippen LogP contribution is 2.18. The maximum absolute atomic E-state index is 11.9. The van der Waals surface area contributed by atoms with Crippen LogP contribution in [0.15, 0.2) is 48.5 Å². The van der Waals surface area contributed by atoms with Gasteiger partial charge in [0.15, 0.2) is 6.61 Å². The molecule has 0 bridgehead atoms. The van der Waals surface area contributed by atoms with E-state index in [4.69, 9.17) is 19.9 Å². The molecule has 0 aliphatic rings. The summed E-state index contributed by atoms with van der Waals surface area (Å²) in [5.41, 5.74) is 6.05. The molecule has 2 aromatic rings. The molecule has 24 heavy (non-hydrogen) atoms. The van der Waals surface area contributed by atoms with Gasteiger partial charge in [0.1, 0.15) is 23.9 Å². The van der Waals surface area contributed by atoms with Gasteiger partial charge in [-0.3, -0.25) is 4.79 Å². The van der Waals surface area contributed by atoms with Crippen molar-refractivity contribution in [2.24, 2.45) is 5.73 Å². The van der Waals surface area contributed by atoms with E-state index in [9.17, 15) is 4.79 Å². The fourth-order valence-electron chi connectivity index (χ4n) is 1.96. The average Bonchev–Trinajstić information content (AvgIpc) is 2.61. The Labute approximate surface area is 141 Å². The Kier molecular flexibility index (Phi) is 6.91. The molecular weight excluding hydrogens is 308 g/mol. The van der Waals surface area contributed by atoms with Gasteiger partial charge in [-0.25, -0.2) is 0 Å². The van der Waals surface area contributed by atoms with E-state index < -0.39 is 0 Å². The van der Waals surface area contributed by atoms with Gasteiger partial charge in [-0.1, -0.05) is 0 Å². The van der Waals surface area contributed by atoms with Crippen LogP contribution in [0, 0.1) is 0 Å². The monoisotopic (exact) mass is 330 g/mol. The fourth-order valence-corrected chi connectivity index (χ4v) is 1.96. The molecule has 1 amide bonds. The van der Waals surface area contributed by atoms with E-state index in [2.05, 4.69) is 5.32 Å². The van der Waals surface area contributed by atoms with Crippen LogP contribution in [0.4, 0.5) is 5.69 Å². The Bertz CT molecular complexity index is 626. The van der Waals surface area contributed by atoms with Crippen LogP contribution in [-0.2, 0) is 4.79 Å². The Morgan fingerprint density at radius 1 is 0.917 bits per heavy atom. The van der Waals surface area contributed by atoms with Crippen molar-refractivity contribution >= 4 is 11.6 Å². The second-order valence-corrected chi connectivity index (χ2v) is 4.90. The van der Waals surface area contributed by atoms with Crippen LogP contribution in [0.3, 0.4) is 0 Å². The molecule has 3 N–H and O–H groups in total. The average molecular weight is 330 g/mol. The van der Waals surface area contributed by atoms with Crippen molar-refractivity contribution in [2.45, 2.75) is 6.92 Å². The van der Waals surface area contributed by atoms with Crippen LogP contribution in [0.1, 0.15) is 6.92 Å². The molecule has 0 saturated carbocycles. The van der Waals surface area contributed by atoms with Crippen LogP contribution >= 0.6 is 0 Å². The van der Waals surface area contributed by atoms with Crippen molar-refractivity contribution in [3.8, 4) is 17.2 Å². The molecule has 0 fully saturated rings. The van der Waals surface area contributed by atoms with Gasteiger partial charge in [0.2, 0.25) is 0 Å². The molecule has 0 saturated heterocycles. The van der Waals surface area contributed by atoms with Gasteiger partial charge in [-0.2, -0.15) is 0 Å². The fraction of sp³-hybridized carbons (Fsp3) is 0.278. The number of rotatable bonds is 9. The molecule has 0 aliphatic heterocycles. The standard InChI is InChI=1S/C18H22N2O4/c1-2-22-15-7-9-17(10-8-15)24-13-18(21)20-14-3-5-16(6-4-14)23-12-11-19/h3-10H,2,11-13,19H2,1H3,(H,20,21). The number of hydrogen-bond donors (Lipinski definition) is 2. The predicted octanol–water partition coefficient (Wildman–Crippen LogP) is 2.44. The van der Waals surface area contributed by atoms with Crippen molar-refractivity contribution in [2.75, 3.05) is 31.7 Å². The van der Waals surface area contributed by atoms with E-state index in [1.165, 1.54) is 0 Å². The first-order chi connectivity index (χ1) is 11.7. The molecule has 2 aromatic carbocycles. The van der Waals surface area contributed by atoms with Crippen LogP contribution in [0.5, 0.6) is 17.2 Å². The third kappa shape index (κ3) is 5.81. The minimum Gasteiger partial charge on any atom is -0.494 e. The lowest BCUT2D eigenvalue weighted by Gasteiger charge is -2.09. The number of nitrogens with one attached hydrogen (secondary N) is 1. The molecule has 0 radical (unpaired) electrons. The normalized spacial score (nSPS) is 10.1. The molecule has 6 heteroatoms. The van der Waals surface area contributed by atoms with Gasteiger partial charge in [0.25, 0.3) is 5.91 Å². The summed E-state index contributed by atoms with van der Waals surface area (Å²) in [7, 11) is 0. The van der Waals surface area contributed by atoms with Gasteiger partial charge in [0.05, 0.1) is 6.61 Å². The summed E-state index contributed by atoms with van der Waals surface area (Å²) >= 11 is 0. The summed E-state index contributed by atoms with van der Waals surface area (Å²) in [4.78, 5) is 11.9. The van der Waals surface area contributed by atoms with E-state index in [1.54, 1.807) is 48.5 Å². The molecule has 2 rings (SSSR count). The number of carbonyl (C=O) groups is 1. The van der Waals surface area contributed by atoms with E-state index in [0.717, 1.165) is 5.75 Å². The first-order valence-corrected chi connectivity index (χ1v) is 7.79. The minimum absolute atomic E-state index is 0.0700. The zero-order chi connectivity index (χ0) is 17.2. The van der Waals surface area contributed by atoms with Crippen molar-refractivity contribution in [3.63, 3.8) is 0 Å². The third-order valence-corrected chi connectivity index (χ3v) is 3.03. The highest BCUT2D eigenvalue weighted by molar-refractivity contribution is 5.91. The van der Waals surface area contributed by atoms with Crippen LogP contribution in [0.2, 0.25) is 0 Å². The van der Waals surface area contributed by atoms with Crippen molar-refractivity contribution < 1.29 is 19.0 Å². The third-order valence-electron chi connectivity index (χ3n) is 3.03. The SMILES string of the molecule is CCOc1ccc(OCC(=O)Nc2ccc(OCCN)cc2)cc1. The second-order valence-electron chi connectivity index (χ2n) is 4.90. The quantitative estimate of drug-likeness (QED) is 0.738. The molecule has 0 unspecified atom stereocenters. The van der Waals surface area contributed by atoms with Crippen LogP contribution in [0.25, 0.3) is 0 Å². The maximum atomic E-state index is 11.9. The Morgan fingerprint density at radius 3 is 2.04 bits per heavy atom. The van der Waals surface area contributed by atoms with Crippen molar-refractivity contribution in [1.29, 1.82) is 0 Å². The molecule has 0 aromatic heterocycles. The summed E-state index contributed by atoms with van der Waals surface area (Å²) < 4.78 is 16.2. The van der Waals surface area contributed by atoms with E-state index in [1.807, 2.05) is 6.92 Å². The Hall–Kier alpha value is -2.73. The molecule has 0 atom stereocenters. The van der Waals surface area contributed by atoms with E-state index in [0.29, 0.717) is 36.9 Å². The van der Waals surface area contributed by atoms with E-state index in [-0.39, 0.29) is 12.5 Å². The number of benzene rings is 2. The number of carbonyl (C=O) groups excluding carboxylic acids is 1. The van der Waals surface area contributed by atoms with Crippen LogP contribution in [-0.4, -0.2) is 32.3 Å². The Morgan fingerprint density at radius 2 is 1.46 bits per heavy atom. The smallest absolute Gasteiger partial charge is 0.262 e. The number of anilines is 1. The van der Waals surface area contributed by atoms with Gasteiger partial charge in [-0.05, 0) is 55.5 Å². The van der Waals surface area contributed by atoms with Crippen molar-refractivity contribution in [1.82, 2.24) is 0 Å². The molecule has 6 nitrogen and oxygen atoms in total. The van der Waals surface area contributed by atoms with Gasteiger partial charge >= 0.3 is 0 Å². The lowest BCUT2D eigenvalue weighted by molar-refractivity contribution is -0.118. The Balaban J connectivity index is 1.78. The minimum atomic E-state index is -0.237. The largest absolute Gasteiger partial charge is 0.494 e. The summed E-state index contributed by atoms with van der Waals surface area (Å²) in [6.45, 7) is 3.38. The second kappa shape index (κ2) is 9.42. The first-order valence-electron chi connectivity index (χ1n) is 7.79. The maximum Gasteiger partial charge on any atom is 0.262 e. The van der Waals surface area contributed by atoms with Gasteiger partial charge in [0, 0.05) is 12.2 Å². The summed E-state index contributed by atoms with van der Waals surface area (Å²) in [5, 5.41) is 2.76. The van der Waals surface area contributed by atoms with Crippen LogP contribution < -0.4 is 25.3 Å². The zero-order valence-electron chi connectivity index (χ0n) is 13.7. The highest BCUT2D eigenvalue weighted by atomic mass is 16.5. The topological polar surface area (TPSA) is 82.8 Å². The summed E-state index contributed by atoms with van der Waals surface area (Å²) in [5.74, 6) is 1.86. The van der Waals surface area contributed by atoms with Gasteiger partial charge in [-0.15, -0.1) is 0 Å². The van der Waals surface area contributed by atoms with E-state index >= 15 is 0 Å². The lowest BCUT2D eigenvalue weighted by atomic mass is 10.3. The molecule has 0 aliphatic carbocycles. The molecule has 0 spiro atoms. The summed E-state index contributed by atoms with van der Waals surface area (Å²) in [6.07, 6.45) is 0.